The Balaban J connectivity index is 2.22. The van der Waals surface area contributed by atoms with Crippen molar-refractivity contribution in [2.45, 2.75) is 218 Å². The molecule has 0 spiro atoms. The number of carbonyl (C=O) groups is 1. The lowest BCUT2D eigenvalue weighted by Gasteiger charge is -2.24. The Morgan fingerprint density at radius 1 is 0.562 bits per heavy atom. The first-order chi connectivity index (χ1) is 23.2. The summed E-state index contributed by atoms with van der Waals surface area (Å²) < 4.78 is 17.2. The van der Waals surface area contributed by atoms with Gasteiger partial charge < -0.3 is 34.6 Å². The third kappa shape index (κ3) is 22.8. The molecule has 0 aromatic carbocycles. The molecule has 0 saturated heterocycles. The molecular weight excluding hydrogens is 608 g/mol. The average molecular weight is 687 g/mol. The van der Waals surface area contributed by atoms with Crippen molar-refractivity contribution in [3.8, 4) is 0 Å². The van der Waals surface area contributed by atoms with Crippen LogP contribution in [-0.2, 0) is 19.0 Å². The van der Waals surface area contributed by atoms with Crippen molar-refractivity contribution < 1.29 is 39.4 Å². The largest absolute Gasteiger partial charge is 0.457 e. The molecule has 286 valence electrons. The molecule has 8 heteroatoms. The average Bonchev–Trinajstić information content (AvgIpc) is 3.24. The van der Waals surface area contributed by atoms with Gasteiger partial charge in [0.15, 0.2) is 0 Å². The molecular formula is C40H78O8. The predicted octanol–water partition coefficient (Wildman–Crippen LogP) is 8.43. The van der Waals surface area contributed by atoms with Gasteiger partial charge in [-0.2, -0.15) is 0 Å². The van der Waals surface area contributed by atoms with E-state index in [-0.39, 0.29) is 19.2 Å². The Morgan fingerprint density at radius 3 is 1.48 bits per heavy atom. The summed E-state index contributed by atoms with van der Waals surface area (Å²) >= 11 is 0. The Labute approximate surface area is 295 Å². The van der Waals surface area contributed by atoms with Crippen molar-refractivity contribution in [3.05, 3.63) is 0 Å². The van der Waals surface area contributed by atoms with E-state index in [1.54, 1.807) is 0 Å². The molecule has 0 aromatic rings. The number of aliphatic hydroxyl groups is 4. The summed E-state index contributed by atoms with van der Waals surface area (Å²) in [5.74, 6) is 1.36. The quantitative estimate of drug-likeness (QED) is 0.0401. The van der Waals surface area contributed by atoms with Gasteiger partial charge in [-0.3, -0.25) is 4.79 Å². The first-order valence-corrected chi connectivity index (χ1v) is 20.3. The molecule has 0 radical (unpaired) electrons. The van der Waals surface area contributed by atoms with Gasteiger partial charge in [-0.1, -0.05) is 163 Å². The molecule has 1 saturated carbocycles. The topological polar surface area (TPSA) is 126 Å². The molecule has 0 bridgehead atoms. The second-order valence-corrected chi connectivity index (χ2v) is 15.3. The monoisotopic (exact) mass is 687 g/mol. The highest BCUT2D eigenvalue weighted by atomic mass is 16.6. The van der Waals surface area contributed by atoms with Gasteiger partial charge in [-0.05, 0) is 24.7 Å². The third-order valence-corrected chi connectivity index (χ3v) is 10.1. The van der Waals surface area contributed by atoms with Crippen LogP contribution in [0.5, 0.6) is 0 Å². The van der Waals surface area contributed by atoms with Crippen LogP contribution in [0.25, 0.3) is 0 Å². The number of hydrogen-bond acceptors (Lipinski definition) is 8. The van der Waals surface area contributed by atoms with E-state index >= 15 is 0 Å². The molecule has 1 unspecified atom stereocenters. The van der Waals surface area contributed by atoms with Crippen molar-refractivity contribution in [1.82, 2.24) is 0 Å². The van der Waals surface area contributed by atoms with Crippen molar-refractivity contribution >= 4 is 5.97 Å². The van der Waals surface area contributed by atoms with E-state index in [4.69, 9.17) is 14.2 Å². The van der Waals surface area contributed by atoms with Crippen molar-refractivity contribution in [1.29, 1.82) is 0 Å². The third-order valence-electron chi connectivity index (χ3n) is 10.1. The molecule has 0 aliphatic heterocycles. The van der Waals surface area contributed by atoms with Crippen LogP contribution in [-0.4, -0.2) is 82.8 Å². The molecule has 48 heavy (non-hydrogen) atoms. The van der Waals surface area contributed by atoms with Crippen LogP contribution in [0.1, 0.15) is 182 Å². The lowest BCUT2D eigenvalue weighted by Crippen LogP contribution is -2.39. The number of unbranched alkanes of at least 4 members (excludes halogenated alkanes) is 18. The fourth-order valence-corrected chi connectivity index (χ4v) is 6.54. The molecule has 1 fully saturated rings. The zero-order chi connectivity index (χ0) is 35.4. The molecule has 0 aromatic heterocycles. The predicted molar refractivity (Wildman–Crippen MR) is 195 cm³/mol. The van der Waals surface area contributed by atoms with Gasteiger partial charge in [0, 0.05) is 13.0 Å². The van der Waals surface area contributed by atoms with Crippen LogP contribution in [0.15, 0.2) is 0 Å². The molecule has 1 aliphatic carbocycles. The van der Waals surface area contributed by atoms with Crippen LogP contribution < -0.4 is 0 Å². The Bertz CT molecular complexity index is 720. The summed E-state index contributed by atoms with van der Waals surface area (Å²) in [7, 11) is 0. The van der Waals surface area contributed by atoms with Crippen molar-refractivity contribution in [2.75, 3.05) is 19.8 Å². The molecule has 8 nitrogen and oxygen atoms in total. The lowest BCUT2D eigenvalue weighted by atomic mass is 9.99. The Morgan fingerprint density at radius 2 is 1.00 bits per heavy atom. The number of rotatable bonds is 33. The normalized spacial score (nSPS) is 21.3. The number of aliphatic hydroxyl groups excluding tert-OH is 4. The van der Waals surface area contributed by atoms with Gasteiger partial charge in [0.25, 0.3) is 0 Å². The second kappa shape index (κ2) is 29.9. The first-order valence-electron chi connectivity index (χ1n) is 20.3. The fourth-order valence-electron chi connectivity index (χ4n) is 6.54. The van der Waals surface area contributed by atoms with Crippen LogP contribution in [0, 0.1) is 11.8 Å². The summed E-state index contributed by atoms with van der Waals surface area (Å²) in [6, 6.07) is 0. The van der Waals surface area contributed by atoms with Gasteiger partial charge in [0.2, 0.25) is 0 Å². The van der Waals surface area contributed by atoms with Crippen LogP contribution in [0.3, 0.4) is 0 Å². The number of carbonyl (C=O) groups excluding carboxylic acids is 1. The number of esters is 1. The van der Waals surface area contributed by atoms with Gasteiger partial charge in [0.1, 0.15) is 36.6 Å². The summed E-state index contributed by atoms with van der Waals surface area (Å²) in [4.78, 5) is 12.6. The zero-order valence-corrected chi connectivity index (χ0v) is 31.6. The summed E-state index contributed by atoms with van der Waals surface area (Å²) in [6.45, 7) is 9.83. The van der Waals surface area contributed by atoms with Crippen molar-refractivity contribution in [2.24, 2.45) is 11.8 Å². The maximum absolute atomic E-state index is 12.6. The molecule has 1 aliphatic rings. The van der Waals surface area contributed by atoms with Gasteiger partial charge in [-0.15, -0.1) is 0 Å². The van der Waals surface area contributed by atoms with E-state index in [1.165, 1.54) is 116 Å². The van der Waals surface area contributed by atoms with E-state index in [9.17, 15) is 25.2 Å². The highest BCUT2D eigenvalue weighted by molar-refractivity contribution is 5.69. The molecule has 4 N–H and O–H groups in total. The second-order valence-electron chi connectivity index (χ2n) is 15.3. The molecule has 0 heterocycles. The maximum Gasteiger partial charge on any atom is 0.306 e. The highest BCUT2D eigenvalue weighted by Gasteiger charge is 2.49. The molecule has 1 rings (SSSR count). The number of ether oxygens (including phenoxy) is 3. The minimum atomic E-state index is -1.49. The minimum absolute atomic E-state index is 0.0982. The number of hydrogen-bond donors (Lipinski definition) is 4. The van der Waals surface area contributed by atoms with E-state index in [1.807, 2.05) is 0 Å². The highest BCUT2D eigenvalue weighted by Crippen LogP contribution is 2.25. The van der Waals surface area contributed by atoms with Crippen molar-refractivity contribution in [3.63, 3.8) is 0 Å². The Hall–Kier alpha value is -0.770. The van der Waals surface area contributed by atoms with E-state index in [0.29, 0.717) is 13.0 Å². The van der Waals surface area contributed by atoms with Crippen LogP contribution >= 0.6 is 0 Å². The van der Waals surface area contributed by atoms with Gasteiger partial charge in [0.05, 0.1) is 13.2 Å². The van der Waals surface area contributed by atoms with Crippen LogP contribution in [0.4, 0.5) is 0 Å². The lowest BCUT2D eigenvalue weighted by molar-refractivity contribution is -0.163. The maximum atomic E-state index is 12.6. The minimum Gasteiger partial charge on any atom is -0.457 e. The summed E-state index contributed by atoms with van der Waals surface area (Å²) in [5, 5.41) is 40.1. The molecule has 0 amide bonds. The Kier molecular flexibility index (Phi) is 28.2. The van der Waals surface area contributed by atoms with Gasteiger partial charge >= 0.3 is 5.97 Å². The first kappa shape index (κ1) is 45.3. The zero-order valence-electron chi connectivity index (χ0n) is 31.6. The smallest absolute Gasteiger partial charge is 0.306 e. The molecule has 6 atom stereocenters. The standard InChI is InChI=1S/C40H78O8/c1-5-33(4)27-23-19-15-11-9-12-16-20-24-28-35(41)48-34(31-47-40-38(44)36(42)37(43)39(40)45)30-46-29-25-21-17-13-8-6-7-10-14-18-22-26-32(2)3/h32-34,36-40,42-45H,5-31H2,1-4H3/t33?,34-,36-,37-,38+,39+/m0/s1. The SMILES string of the molecule is CCC(C)CCCCCCCCCCCC(=O)O[C@@H](COCCCCCCCCCCCCCC(C)C)COC1[C@H](O)[C@@H](O)[C@H](O)[C@H]1O. The van der Waals surface area contributed by atoms with E-state index in [2.05, 4.69) is 27.7 Å². The van der Waals surface area contributed by atoms with E-state index in [0.717, 1.165) is 43.9 Å². The van der Waals surface area contributed by atoms with E-state index < -0.39 is 36.6 Å². The van der Waals surface area contributed by atoms with Gasteiger partial charge in [-0.25, -0.2) is 0 Å². The fraction of sp³-hybridized carbons (Fsp3) is 0.975. The summed E-state index contributed by atoms with van der Waals surface area (Å²) in [5.41, 5.74) is 0. The van der Waals surface area contributed by atoms with Crippen LogP contribution in [0.2, 0.25) is 0 Å². The summed E-state index contributed by atoms with van der Waals surface area (Å²) in [6.07, 6.45) is 21.2.